The molecule has 3 atom stereocenters. The van der Waals surface area contributed by atoms with Gasteiger partial charge in [-0.05, 0) is 49.6 Å². The number of nitrogens with zero attached hydrogens (tertiary/aromatic N) is 2. The van der Waals surface area contributed by atoms with E-state index in [2.05, 4.69) is 0 Å². The van der Waals surface area contributed by atoms with Crippen LogP contribution in [0.25, 0.3) is 5.76 Å². The number of amides is 2. The summed E-state index contributed by atoms with van der Waals surface area (Å²) < 4.78 is 11.5. The number of para-hydroxylation sites is 1. The topological polar surface area (TPSA) is 96.4 Å². The van der Waals surface area contributed by atoms with Crippen LogP contribution in [0.15, 0.2) is 48.0 Å². The van der Waals surface area contributed by atoms with E-state index < -0.39 is 23.1 Å². The van der Waals surface area contributed by atoms with Crippen molar-refractivity contribution in [3.8, 4) is 5.75 Å². The van der Waals surface area contributed by atoms with Crippen molar-refractivity contribution in [1.29, 1.82) is 0 Å². The van der Waals surface area contributed by atoms with Crippen LogP contribution < -0.4 is 9.64 Å². The van der Waals surface area contributed by atoms with Crippen LogP contribution in [-0.2, 0) is 31.1 Å². The fraction of sp³-hybridized carbons (Fsp3) is 0.370. The van der Waals surface area contributed by atoms with E-state index >= 15 is 0 Å². The minimum Gasteiger partial charge on any atom is -0.507 e. The van der Waals surface area contributed by atoms with Crippen LogP contribution in [0.5, 0.6) is 5.75 Å². The summed E-state index contributed by atoms with van der Waals surface area (Å²) in [7, 11) is 1.62. The van der Waals surface area contributed by atoms with Crippen molar-refractivity contribution < 1.29 is 29.0 Å². The van der Waals surface area contributed by atoms with Crippen molar-refractivity contribution in [2.45, 2.75) is 43.9 Å². The Morgan fingerprint density at radius 1 is 1.17 bits per heavy atom. The van der Waals surface area contributed by atoms with E-state index in [1.54, 1.807) is 49.5 Å². The van der Waals surface area contributed by atoms with Gasteiger partial charge < -0.3 is 24.4 Å². The molecule has 0 radical (unpaired) electrons. The second-order valence-electron chi connectivity index (χ2n) is 9.65. The molecule has 6 rings (SSSR count). The van der Waals surface area contributed by atoms with Crippen LogP contribution in [0.3, 0.4) is 0 Å². The predicted molar refractivity (Wildman–Crippen MR) is 127 cm³/mol. The zero-order valence-corrected chi connectivity index (χ0v) is 19.6. The number of benzene rings is 2. The lowest BCUT2D eigenvalue weighted by molar-refractivity contribution is -0.145. The number of rotatable bonds is 3. The Labute approximate surface area is 202 Å². The first-order valence-electron chi connectivity index (χ1n) is 11.9. The quantitative estimate of drug-likeness (QED) is 0.418. The zero-order chi connectivity index (χ0) is 24.5. The van der Waals surface area contributed by atoms with Crippen LogP contribution in [0.1, 0.15) is 36.5 Å². The van der Waals surface area contributed by atoms with Crippen molar-refractivity contribution in [1.82, 2.24) is 4.90 Å². The number of carbonyl (C=O) groups excluding carboxylic acids is 3. The van der Waals surface area contributed by atoms with Gasteiger partial charge in [0.1, 0.15) is 17.6 Å². The van der Waals surface area contributed by atoms with Gasteiger partial charge in [0.05, 0.1) is 11.7 Å². The molecular formula is C27H26N2O6. The number of likely N-dealkylation sites (tertiary alicyclic amines) is 1. The highest BCUT2D eigenvalue weighted by Crippen LogP contribution is 2.53. The smallest absolute Gasteiger partial charge is 0.296 e. The standard InChI is InChI=1S/C27H26N2O6/c1-15-12-17-13-16(9-10-21(17)35-15)23(30)22-24(31)25(32)29(14-18-6-5-11-34-18)27(22)19-7-3-4-8-20(19)28(2)26(27)33/h3-4,7-10,13,15,18,30H,5-6,11-12,14H2,1-2H3/t15-,18+,27-/m0/s1. The van der Waals surface area contributed by atoms with Gasteiger partial charge in [0.2, 0.25) is 0 Å². The number of carbonyl (C=O) groups is 3. The Morgan fingerprint density at radius 3 is 2.74 bits per heavy atom. The SMILES string of the molecule is C[C@H]1Cc2cc(C(O)=C3C(=O)C(=O)N(C[C@H]4CCCO4)[C@]34C(=O)N(C)c3ccccc34)ccc2O1. The number of aliphatic hydroxyl groups is 1. The fourth-order valence-corrected chi connectivity index (χ4v) is 5.93. The third-order valence-electron chi connectivity index (χ3n) is 7.52. The van der Waals surface area contributed by atoms with Crippen molar-refractivity contribution in [2.75, 3.05) is 25.1 Å². The van der Waals surface area contributed by atoms with E-state index in [4.69, 9.17) is 9.47 Å². The third kappa shape index (κ3) is 2.92. The molecule has 8 heteroatoms. The van der Waals surface area contributed by atoms with Crippen LogP contribution >= 0.6 is 0 Å². The number of hydrogen-bond donors (Lipinski definition) is 1. The van der Waals surface area contributed by atoms with Gasteiger partial charge in [0.25, 0.3) is 17.6 Å². The van der Waals surface area contributed by atoms with Crippen LogP contribution in [0.2, 0.25) is 0 Å². The van der Waals surface area contributed by atoms with Gasteiger partial charge in [-0.1, -0.05) is 18.2 Å². The molecule has 0 bridgehead atoms. The van der Waals surface area contributed by atoms with E-state index in [0.717, 1.165) is 24.2 Å². The van der Waals surface area contributed by atoms with Gasteiger partial charge in [0.15, 0.2) is 5.54 Å². The number of hydrogen-bond acceptors (Lipinski definition) is 6. The largest absolute Gasteiger partial charge is 0.507 e. The molecular weight excluding hydrogens is 448 g/mol. The Morgan fingerprint density at radius 2 is 1.97 bits per heavy atom. The van der Waals surface area contributed by atoms with Gasteiger partial charge in [-0.25, -0.2) is 0 Å². The molecule has 1 spiro atoms. The van der Waals surface area contributed by atoms with Crippen molar-refractivity contribution >= 4 is 29.0 Å². The summed E-state index contributed by atoms with van der Waals surface area (Å²) in [5.74, 6) is -1.76. The molecule has 8 nitrogen and oxygen atoms in total. The summed E-state index contributed by atoms with van der Waals surface area (Å²) in [6.07, 6.45) is 1.97. The van der Waals surface area contributed by atoms with Crippen molar-refractivity contribution in [3.63, 3.8) is 0 Å². The van der Waals surface area contributed by atoms with Crippen LogP contribution in [0, 0.1) is 0 Å². The number of aliphatic hydroxyl groups excluding tert-OH is 1. The lowest BCUT2D eigenvalue weighted by Gasteiger charge is -2.35. The first-order chi connectivity index (χ1) is 16.8. The molecule has 0 saturated carbocycles. The molecule has 180 valence electrons. The van der Waals surface area contributed by atoms with E-state index in [1.165, 1.54) is 9.80 Å². The number of ether oxygens (including phenoxy) is 2. The molecule has 4 aliphatic heterocycles. The molecule has 4 heterocycles. The Balaban J connectivity index is 1.59. The summed E-state index contributed by atoms with van der Waals surface area (Å²) in [5.41, 5.74) is 0.422. The number of anilines is 1. The average molecular weight is 475 g/mol. The summed E-state index contributed by atoms with van der Waals surface area (Å²) in [5, 5.41) is 11.6. The molecule has 35 heavy (non-hydrogen) atoms. The molecule has 2 aromatic rings. The molecule has 0 unspecified atom stereocenters. The Hall–Kier alpha value is -3.65. The number of Topliss-reactive ketones (excluding diaryl/α,β-unsaturated/α-hetero) is 1. The van der Waals surface area contributed by atoms with E-state index in [0.29, 0.717) is 29.8 Å². The average Bonchev–Trinajstić information content (AvgIpc) is 3.59. The first kappa shape index (κ1) is 21.9. The summed E-state index contributed by atoms with van der Waals surface area (Å²) in [4.78, 5) is 43.8. The molecule has 1 N–H and O–H groups in total. The number of fused-ring (bicyclic) bond motifs is 3. The molecule has 2 amide bonds. The monoisotopic (exact) mass is 474 g/mol. The minimum atomic E-state index is -1.75. The Bertz CT molecular complexity index is 1310. The maximum atomic E-state index is 14.0. The van der Waals surface area contributed by atoms with Gasteiger partial charge in [0, 0.05) is 43.4 Å². The second kappa shape index (κ2) is 7.68. The highest BCUT2D eigenvalue weighted by molar-refractivity contribution is 6.50. The Kier molecular flexibility index (Phi) is 4.79. The minimum absolute atomic E-state index is 0.00918. The van der Waals surface area contributed by atoms with Crippen LogP contribution in [-0.4, -0.2) is 60.0 Å². The summed E-state index contributed by atoms with van der Waals surface area (Å²) in [6.45, 7) is 2.62. The third-order valence-corrected chi connectivity index (χ3v) is 7.52. The van der Waals surface area contributed by atoms with Gasteiger partial charge in [-0.15, -0.1) is 0 Å². The van der Waals surface area contributed by atoms with Gasteiger partial charge >= 0.3 is 0 Å². The van der Waals surface area contributed by atoms with Gasteiger partial charge in [-0.2, -0.15) is 0 Å². The van der Waals surface area contributed by atoms with Crippen molar-refractivity contribution in [2.24, 2.45) is 0 Å². The predicted octanol–water partition coefficient (Wildman–Crippen LogP) is 2.74. The molecule has 2 aromatic carbocycles. The molecule has 2 saturated heterocycles. The summed E-state index contributed by atoms with van der Waals surface area (Å²) in [6, 6.07) is 12.3. The number of likely N-dealkylation sites (N-methyl/N-ethyl adjacent to an activating group) is 1. The van der Waals surface area contributed by atoms with Crippen molar-refractivity contribution in [3.05, 3.63) is 64.7 Å². The van der Waals surface area contributed by atoms with E-state index in [1.807, 2.05) is 6.92 Å². The first-order valence-corrected chi connectivity index (χ1v) is 11.9. The normalized spacial score (nSPS) is 28.7. The maximum absolute atomic E-state index is 14.0. The second-order valence-corrected chi connectivity index (χ2v) is 9.65. The zero-order valence-electron chi connectivity index (χ0n) is 19.6. The number of ketones is 1. The summed E-state index contributed by atoms with van der Waals surface area (Å²) >= 11 is 0. The molecule has 4 aliphatic rings. The fourth-order valence-electron chi connectivity index (χ4n) is 5.93. The van der Waals surface area contributed by atoms with Gasteiger partial charge in [-0.3, -0.25) is 14.4 Å². The van der Waals surface area contributed by atoms with Crippen LogP contribution in [0.4, 0.5) is 5.69 Å². The molecule has 0 aromatic heterocycles. The van der Waals surface area contributed by atoms with E-state index in [-0.39, 0.29) is 30.1 Å². The lowest BCUT2D eigenvalue weighted by atomic mass is 9.81. The van der Waals surface area contributed by atoms with E-state index in [9.17, 15) is 19.5 Å². The molecule has 2 fully saturated rings. The highest BCUT2D eigenvalue weighted by Gasteiger charge is 2.67. The molecule has 0 aliphatic carbocycles. The highest BCUT2D eigenvalue weighted by atomic mass is 16.5. The maximum Gasteiger partial charge on any atom is 0.296 e. The lowest BCUT2D eigenvalue weighted by Crippen LogP contribution is -2.53.